The molecule has 1 aromatic carbocycles. The highest BCUT2D eigenvalue weighted by Crippen LogP contribution is 2.27. The molecule has 21 heavy (non-hydrogen) atoms. The van der Waals surface area contributed by atoms with Crippen molar-refractivity contribution in [2.75, 3.05) is 13.7 Å². The van der Waals surface area contributed by atoms with Crippen LogP contribution in [0.5, 0.6) is 0 Å². The van der Waals surface area contributed by atoms with Crippen molar-refractivity contribution in [3.8, 4) is 0 Å². The Morgan fingerprint density at radius 1 is 1.29 bits per heavy atom. The summed E-state index contributed by atoms with van der Waals surface area (Å²) in [7, 11) is 1.66. The number of rotatable bonds is 7. The molecule has 0 saturated carbocycles. The van der Waals surface area contributed by atoms with Crippen LogP contribution in [0.15, 0.2) is 34.7 Å². The molecule has 0 aliphatic rings. The first kappa shape index (κ1) is 16.1. The van der Waals surface area contributed by atoms with Crippen LogP contribution in [0.4, 0.5) is 0 Å². The number of furan rings is 1. The van der Waals surface area contributed by atoms with Gasteiger partial charge in [0, 0.05) is 12.1 Å². The number of nitrogens with one attached hydrogen (secondary N) is 1. The van der Waals surface area contributed by atoms with Gasteiger partial charge >= 0.3 is 0 Å². The Labute approximate surface area is 131 Å². The lowest BCUT2D eigenvalue weighted by Crippen LogP contribution is -2.22. The molecule has 0 radical (unpaired) electrons. The van der Waals surface area contributed by atoms with Gasteiger partial charge in [0.1, 0.15) is 18.1 Å². The SMILES string of the molecule is CCCNC(c1cc(C)cc(Cl)c1)c1ccc(COC)o1. The summed E-state index contributed by atoms with van der Waals surface area (Å²) in [5, 5.41) is 4.27. The van der Waals surface area contributed by atoms with Crippen LogP contribution in [0.3, 0.4) is 0 Å². The van der Waals surface area contributed by atoms with Gasteiger partial charge in [-0.2, -0.15) is 0 Å². The summed E-state index contributed by atoms with van der Waals surface area (Å²) in [5.41, 5.74) is 2.26. The van der Waals surface area contributed by atoms with Gasteiger partial charge in [-0.1, -0.05) is 24.6 Å². The summed E-state index contributed by atoms with van der Waals surface area (Å²) in [6, 6.07) is 10.0. The Hall–Kier alpha value is -1.29. The van der Waals surface area contributed by atoms with Crippen molar-refractivity contribution in [2.45, 2.75) is 32.9 Å². The van der Waals surface area contributed by atoms with Crippen LogP contribution in [0, 0.1) is 6.92 Å². The Morgan fingerprint density at radius 3 is 2.76 bits per heavy atom. The third-order valence-corrected chi connectivity index (χ3v) is 3.47. The zero-order valence-corrected chi connectivity index (χ0v) is 13.5. The topological polar surface area (TPSA) is 34.4 Å². The number of benzene rings is 1. The Kier molecular flexibility index (Phi) is 5.85. The highest BCUT2D eigenvalue weighted by molar-refractivity contribution is 6.30. The number of aryl methyl sites for hydroxylation is 1. The maximum Gasteiger partial charge on any atom is 0.129 e. The molecule has 2 aromatic rings. The summed E-state index contributed by atoms with van der Waals surface area (Å²) in [6.45, 7) is 5.59. The first-order valence-corrected chi connectivity index (χ1v) is 7.60. The van der Waals surface area contributed by atoms with Crippen LogP contribution in [-0.4, -0.2) is 13.7 Å². The van der Waals surface area contributed by atoms with E-state index in [-0.39, 0.29) is 6.04 Å². The third kappa shape index (κ3) is 4.34. The van der Waals surface area contributed by atoms with Crippen molar-refractivity contribution < 1.29 is 9.15 Å². The van der Waals surface area contributed by atoms with Crippen LogP contribution >= 0.6 is 11.6 Å². The van der Waals surface area contributed by atoms with E-state index in [1.165, 1.54) is 0 Å². The highest BCUT2D eigenvalue weighted by Gasteiger charge is 2.18. The van der Waals surface area contributed by atoms with Gasteiger partial charge in [0.25, 0.3) is 0 Å². The molecule has 114 valence electrons. The van der Waals surface area contributed by atoms with Gasteiger partial charge in [0.05, 0.1) is 6.04 Å². The molecule has 2 rings (SSSR count). The van der Waals surface area contributed by atoms with E-state index in [0.717, 1.165) is 40.6 Å². The normalized spacial score (nSPS) is 12.6. The second-order valence-electron chi connectivity index (χ2n) is 5.19. The van der Waals surface area contributed by atoms with Crippen molar-refractivity contribution in [3.63, 3.8) is 0 Å². The van der Waals surface area contributed by atoms with Gasteiger partial charge in [-0.3, -0.25) is 0 Å². The molecule has 0 aliphatic carbocycles. The predicted octanol–water partition coefficient (Wildman–Crippen LogP) is 4.48. The molecule has 0 fully saturated rings. The molecule has 0 bridgehead atoms. The van der Waals surface area contributed by atoms with E-state index >= 15 is 0 Å². The highest BCUT2D eigenvalue weighted by atomic mass is 35.5. The van der Waals surface area contributed by atoms with Crippen LogP contribution in [-0.2, 0) is 11.3 Å². The van der Waals surface area contributed by atoms with Crippen molar-refractivity contribution in [3.05, 3.63) is 58.0 Å². The first-order valence-electron chi connectivity index (χ1n) is 7.22. The Balaban J connectivity index is 2.31. The van der Waals surface area contributed by atoms with Gasteiger partial charge in [0.2, 0.25) is 0 Å². The lowest BCUT2D eigenvalue weighted by molar-refractivity contribution is 0.162. The molecular formula is C17H22ClNO2. The second kappa shape index (κ2) is 7.64. The summed E-state index contributed by atoms with van der Waals surface area (Å²) >= 11 is 6.19. The minimum atomic E-state index is 0.00737. The van der Waals surface area contributed by atoms with Gasteiger partial charge in [-0.15, -0.1) is 0 Å². The van der Waals surface area contributed by atoms with Gasteiger partial charge < -0.3 is 14.5 Å². The standard InChI is InChI=1S/C17H22ClNO2/c1-4-7-19-17(13-8-12(2)9-14(18)10-13)16-6-5-15(21-16)11-20-3/h5-6,8-10,17,19H,4,7,11H2,1-3H3. The Morgan fingerprint density at radius 2 is 2.10 bits per heavy atom. The first-order chi connectivity index (χ1) is 10.1. The predicted molar refractivity (Wildman–Crippen MR) is 85.7 cm³/mol. The summed E-state index contributed by atoms with van der Waals surface area (Å²) < 4.78 is 11.0. The fourth-order valence-electron chi connectivity index (χ4n) is 2.37. The second-order valence-corrected chi connectivity index (χ2v) is 5.62. The van der Waals surface area contributed by atoms with Gasteiger partial charge in [0.15, 0.2) is 0 Å². The van der Waals surface area contributed by atoms with E-state index in [0.29, 0.717) is 6.61 Å². The molecule has 1 unspecified atom stereocenters. The number of halogens is 1. The average molecular weight is 308 g/mol. The van der Waals surface area contributed by atoms with Crippen molar-refractivity contribution in [1.29, 1.82) is 0 Å². The number of hydrogen-bond donors (Lipinski definition) is 1. The summed E-state index contributed by atoms with van der Waals surface area (Å²) in [5.74, 6) is 1.71. The quantitative estimate of drug-likeness (QED) is 0.819. The maximum absolute atomic E-state index is 6.19. The minimum absolute atomic E-state index is 0.00737. The minimum Gasteiger partial charge on any atom is -0.462 e. The molecule has 4 heteroatoms. The molecule has 0 saturated heterocycles. The molecule has 1 heterocycles. The molecule has 0 amide bonds. The van der Waals surface area contributed by atoms with Crippen molar-refractivity contribution >= 4 is 11.6 Å². The van der Waals surface area contributed by atoms with E-state index in [2.05, 4.69) is 18.3 Å². The number of ether oxygens (including phenoxy) is 1. The van der Waals surface area contributed by atoms with Crippen LogP contribution in [0.2, 0.25) is 5.02 Å². The third-order valence-electron chi connectivity index (χ3n) is 3.25. The number of hydrogen-bond acceptors (Lipinski definition) is 3. The average Bonchev–Trinajstić information content (AvgIpc) is 2.87. The van der Waals surface area contributed by atoms with E-state index in [1.54, 1.807) is 7.11 Å². The van der Waals surface area contributed by atoms with Crippen LogP contribution in [0.1, 0.15) is 42.0 Å². The zero-order valence-electron chi connectivity index (χ0n) is 12.8. The molecule has 1 N–H and O–H groups in total. The summed E-state index contributed by atoms with van der Waals surface area (Å²) in [6.07, 6.45) is 1.06. The molecule has 0 spiro atoms. The fraction of sp³-hybridized carbons (Fsp3) is 0.412. The molecule has 3 nitrogen and oxygen atoms in total. The van der Waals surface area contributed by atoms with Gasteiger partial charge in [-0.25, -0.2) is 0 Å². The van der Waals surface area contributed by atoms with E-state index in [4.69, 9.17) is 20.8 Å². The lowest BCUT2D eigenvalue weighted by Gasteiger charge is -2.18. The lowest BCUT2D eigenvalue weighted by atomic mass is 10.0. The largest absolute Gasteiger partial charge is 0.462 e. The van der Waals surface area contributed by atoms with E-state index in [1.807, 2.05) is 31.2 Å². The zero-order chi connectivity index (χ0) is 15.2. The molecule has 1 aromatic heterocycles. The van der Waals surface area contributed by atoms with Crippen LogP contribution in [0.25, 0.3) is 0 Å². The van der Waals surface area contributed by atoms with E-state index in [9.17, 15) is 0 Å². The van der Waals surface area contributed by atoms with Crippen molar-refractivity contribution in [2.24, 2.45) is 0 Å². The number of methoxy groups -OCH3 is 1. The van der Waals surface area contributed by atoms with E-state index < -0.39 is 0 Å². The molecule has 1 atom stereocenters. The molecule has 0 aliphatic heterocycles. The van der Waals surface area contributed by atoms with Gasteiger partial charge in [-0.05, 0) is 55.3 Å². The summed E-state index contributed by atoms with van der Waals surface area (Å²) in [4.78, 5) is 0. The van der Waals surface area contributed by atoms with Crippen molar-refractivity contribution in [1.82, 2.24) is 5.32 Å². The monoisotopic (exact) mass is 307 g/mol. The smallest absolute Gasteiger partial charge is 0.129 e. The maximum atomic E-state index is 6.19. The van der Waals surface area contributed by atoms with Crippen LogP contribution < -0.4 is 5.32 Å². The Bertz CT molecular complexity index is 560. The molecular weight excluding hydrogens is 286 g/mol. The fourth-order valence-corrected chi connectivity index (χ4v) is 2.67.